The van der Waals surface area contributed by atoms with Crippen LogP contribution < -0.4 is 5.32 Å². The van der Waals surface area contributed by atoms with Gasteiger partial charge < -0.3 is 19.8 Å². The van der Waals surface area contributed by atoms with Gasteiger partial charge in [0.15, 0.2) is 5.82 Å². The van der Waals surface area contributed by atoms with Crippen molar-refractivity contribution in [3.05, 3.63) is 52.8 Å². The Hall–Kier alpha value is -3.08. The number of nitrogens with zero attached hydrogens (tertiary/aromatic N) is 4. The van der Waals surface area contributed by atoms with Crippen molar-refractivity contribution in [2.24, 2.45) is 0 Å². The molecule has 4 aromatic rings. The van der Waals surface area contributed by atoms with Crippen molar-refractivity contribution in [1.29, 1.82) is 0 Å². The Morgan fingerprint density at radius 3 is 2.62 bits per heavy atom. The molecule has 42 heavy (non-hydrogen) atoms. The minimum absolute atomic E-state index is 0.0569. The van der Waals surface area contributed by atoms with E-state index < -0.39 is 18.2 Å². The van der Waals surface area contributed by atoms with E-state index in [-0.39, 0.29) is 37.0 Å². The fourth-order valence-electron chi connectivity index (χ4n) is 6.81. The largest absolute Gasteiger partial charge is 0.352 e. The topological polar surface area (TPSA) is 69.2 Å². The number of nitrogens with one attached hydrogen (secondary N) is 2. The van der Waals surface area contributed by atoms with Crippen molar-refractivity contribution < 1.29 is 18.0 Å². The van der Waals surface area contributed by atoms with Gasteiger partial charge in [-0.3, -0.25) is 9.69 Å². The lowest BCUT2D eigenvalue weighted by Gasteiger charge is -2.28. The predicted molar refractivity (Wildman–Crippen MR) is 160 cm³/mol. The molecule has 2 aliphatic rings. The van der Waals surface area contributed by atoms with Crippen LogP contribution in [0.1, 0.15) is 31.7 Å². The third kappa shape index (κ3) is 5.29. The second-order valence-electron chi connectivity index (χ2n) is 11.7. The molecule has 0 spiro atoms. The third-order valence-electron chi connectivity index (χ3n) is 8.97. The Bertz CT molecular complexity index is 1620. The number of H-pyrrole nitrogens is 1. The van der Waals surface area contributed by atoms with Gasteiger partial charge in [0.2, 0.25) is 5.91 Å². The molecule has 0 radical (unpaired) electrons. The van der Waals surface area contributed by atoms with E-state index in [1.54, 1.807) is 18.0 Å². The number of alkyl halides is 2. The van der Waals surface area contributed by atoms with Crippen LogP contribution in [-0.2, 0) is 17.8 Å². The van der Waals surface area contributed by atoms with Gasteiger partial charge in [-0.05, 0) is 63.2 Å². The van der Waals surface area contributed by atoms with Gasteiger partial charge in [0.25, 0.3) is 0 Å². The van der Waals surface area contributed by atoms with Gasteiger partial charge in [0, 0.05) is 53.6 Å². The lowest BCUT2D eigenvalue weighted by atomic mass is 9.99. The molecule has 7 nitrogen and oxygen atoms in total. The quantitative estimate of drug-likeness (QED) is 0.280. The van der Waals surface area contributed by atoms with E-state index >= 15 is 0 Å². The van der Waals surface area contributed by atoms with Crippen LogP contribution in [-0.4, -0.2) is 87.9 Å². The number of fused-ring (bicyclic) bond motifs is 2. The zero-order chi connectivity index (χ0) is 29.7. The standard InChI is InChI=1S/C31H36ClF3N6O/c1-4-25(36-2)31(42)40-15-20(35)10-21(40)13-24-23-7-5-17(32)9-26(23)37-29(24)30-38-27-12-18(33)6-8-28(27)41(30)16-22-11-19(34)14-39(22)3/h5-9,12,19-22,25,36-37H,4,10-11,13-16H2,1-3H3. The second kappa shape index (κ2) is 11.5. The Balaban J connectivity index is 1.48. The molecule has 1 amide bonds. The molecule has 0 aliphatic carbocycles. The monoisotopic (exact) mass is 600 g/mol. The first-order valence-corrected chi connectivity index (χ1v) is 15.0. The summed E-state index contributed by atoms with van der Waals surface area (Å²) in [7, 11) is 3.65. The van der Waals surface area contributed by atoms with Crippen LogP contribution in [0.3, 0.4) is 0 Å². The van der Waals surface area contributed by atoms with E-state index in [1.807, 2.05) is 41.6 Å². The highest BCUT2D eigenvalue weighted by Crippen LogP contribution is 2.37. The summed E-state index contributed by atoms with van der Waals surface area (Å²) in [6.45, 7) is 2.81. The van der Waals surface area contributed by atoms with Crippen molar-refractivity contribution in [3.63, 3.8) is 0 Å². The van der Waals surface area contributed by atoms with Crippen LogP contribution in [0.2, 0.25) is 5.02 Å². The molecule has 0 saturated carbocycles. The van der Waals surface area contributed by atoms with Crippen molar-refractivity contribution in [1.82, 2.24) is 29.7 Å². The summed E-state index contributed by atoms with van der Waals surface area (Å²) in [6, 6.07) is 9.27. The summed E-state index contributed by atoms with van der Waals surface area (Å²) in [5, 5.41) is 4.51. The van der Waals surface area contributed by atoms with E-state index in [2.05, 4.69) is 10.3 Å². The average molecular weight is 601 g/mol. The molecule has 6 rings (SSSR count). The summed E-state index contributed by atoms with van der Waals surface area (Å²) >= 11 is 6.37. The van der Waals surface area contributed by atoms with Gasteiger partial charge in [-0.25, -0.2) is 18.2 Å². The minimum Gasteiger partial charge on any atom is -0.352 e. The number of hydrogen-bond donors (Lipinski definition) is 2. The van der Waals surface area contributed by atoms with E-state index in [0.717, 1.165) is 22.0 Å². The number of likely N-dealkylation sites (tertiary alicyclic amines) is 2. The minimum atomic E-state index is -1.12. The van der Waals surface area contributed by atoms with E-state index in [1.165, 1.54) is 12.1 Å². The molecule has 0 bridgehead atoms. The fourth-order valence-corrected chi connectivity index (χ4v) is 6.98. The summed E-state index contributed by atoms with van der Waals surface area (Å²) < 4.78 is 45.6. The number of hydrogen-bond acceptors (Lipinski definition) is 4. The predicted octanol–water partition coefficient (Wildman–Crippen LogP) is 5.50. The van der Waals surface area contributed by atoms with E-state index in [0.29, 0.717) is 54.4 Å². The molecule has 2 fully saturated rings. The van der Waals surface area contributed by atoms with Crippen LogP contribution in [0.25, 0.3) is 33.5 Å². The first kappa shape index (κ1) is 29.0. The molecule has 224 valence electrons. The molecule has 2 N–H and O–H groups in total. The number of rotatable bonds is 8. The molecule has 2 aromatic carbocycles. The number of amides is 1. The maximum atomic E-state index is 14.9. The molecule has 2 saturated heterocycles. The summed E-state index contributed by atoms with van der Waals surface area (Å²) in [5.74, 6) is 0.0820. The fraction of sp³-hybridized carbons (Fsp3) is 0.484. The molecule has 2 aromatic heterocycles. The highest BCUT2D eigenvalue weighted by Gasteiger charge is 2.39. The molecule has 5 unspecified atom stereocenters. The molecule has 2 aliphatic heterocycles. The second-order valence-corrected chi connectivity index (χ2v) is 12.1. The Morgan fingerprint density at radius 2 is 1.90 bits per heavy atom. The first-order chi connectivity index (χ1) is 20.2. The van der Waals surface area contributed by atoms with Gasteiger partial charge in [-0.2, -0.15) is 0 Å². The van der Waals surface area contributed by atoms with Gasteiger partial charge in [0.1, 0.15) is 18.2 Å². The number of imidazole rings is 1. The lowest BCUT2D eigenvalue weighted by Crippen LogP contribution is -2.47. The zero-order valence-electron chi connectivity index (χ0n) is 24.0. The Labute approximate surface area is 248 Å². The first-order valence-electron chi connectivity index (χ1n) is 14.6. The molecular formula is C31H36ClF3N6O. The van der Waals surface area contributed by atoms with E-state index in [4.69, 9.17) is 16.6 Å². The molecular weight excluding hydrogens is 565 g/mol. The van der Waals surface area contributed by atoms with Crippen LogP contribution in [0.4, 0.5) is 13.2 Å². The number of benzene rings is 2. The van der Waals surface area contributed by atoms with E-state index in [9.17, 15) is 18.0 Å². The highest BCUT2D eigenvalue weighted by atomic mass is 35.5. The third-order valence-corrected chi connectivity index (χ3v) is 9.21. The van der Waals surface area contributed by atoms with Crippen LogP contribution in [0, 0.1) is 5.82 Å². The molecule has 5 atom stereocenters. The van der Waals surface area contributed by atoms with Gasteiger partial charge >= 0.3 is 0 Å². The summed E-state index contributed by atoms with van der Waals surface area (Å²) in [5.41, 5.74) is 3.61. The van der Waals surface area contributed by atoms with Crippen molar-refractivity contribution >= 4 is 39.4 Å². The molecule has 4 heterocycles. The number of aromatic nitrogens is 3. The van der Waals surface area contributed by atoms with Crippen molar-refractivity contribution in [2.45, 2.75) is 69.6 Å². The summed E-state index contributed by atoms with van der Waals surface area (Å²) in [6.07, 6.45) is -0.398. The maximum absolute atomic E-state index is 14.9. The Kier molecular flexibility index (Phi) is 7.97. The normalized spacial score (nSPS) is 23.9. The highest BCUT2D eigenvalue weighted by molar-refractivity contribution is 6.31. The lowest BCUT2D eigenvalue weighted by molar-refractivity contribution is -0.134. The number of aromatic amines is 1. The number of carbonyl (C=O) groups excluding carboxylic acids is 1. The smallest absolute Gasteiger partial charge is 0.240 e. The average Bonchev–Trinajstić information content (AvgIpc) is 3.68. The van der Waals surface area contributed by atoms with Gasteiger partial charge in [0.05, 0.1) is 29.3 Å². The zero-order valence-corrected chi connectivity index (χ0v) is 24.8. The molecule has 11 heteroatoms. The number of carbonyl (C=O) groups is 1. The van der Waals surface area contributed by atoms with Gasteiger partial charge in [-0.15, -0.1) is 0 Å². The van der Waals surface area contributed by atoms with Crippen molar-refractivity contribution in [2.75, 3.05) is 27.2 Å². The van der Waals surface area contributed by atoms with Crippen LogP contribution in [0.5, 0.6) is 0 Å². The summed E-state index contributed by atoms with van der Waals surface area (Å²) in [4.78, 5) is 25.5. The Morgan fingerprint density at radius 1 is 1.14 bits per heavy atom. The van der Waals surface area contributed by atoms with Crippen molar-refractivity contribution in [3.8, 4) is 11.5 Å². The van der Waals surface area contributed by atoms with Crippen LogP contribution >= 0.6 is 11.6 Å². The SMILES string of the molecule is CCC(NC)C(=O)N1CC(F)CC1Cc1c(-c2nc3cc(F)ccc3n2CC2CC(F)CN2C)[nH]c2cc(Cl)ccc12. The number of likely N-dealkylation sites (N-methyl/N-ethyl adjacent to an activating group) is 2. The number of halogens is 4. The van der Waals surface area contributed by atoms with Crippen LogP contribution in [0.15, 0.2) is 36.4 Å². The maximum Gasteiger partial charge on any atom is 0.240 e. The van der Waals surface area contributed by atoms with Gasteiger partial charge in [-0.1, -0.05) is 24.6 Å².